The zero-order valence-electron chi connectivity index (χ0n) is 10.3. The number of nitrogens with zero attached hydrogens (tertiary/aromatic N) is 1. The second-order valence-electron chi connectivity index (χ2n) is 4.14. The van der Waals surface area contributed by atoms with Gasteiger partial charge in [-0.3, -0.25) is 9.78 Å². The SMILES string of the molecule is CC(NC(=O)c1ccncc1O)c1cccc(Br)c1. The van der Waals surface area contributed by atoms with E-state index in [0.29, 0.717) is 0 Å². The number of hydrogen-bond acceptors (Lipinski definition) is 3. The Balaban J connectivity index is 2.13. The fourth-order valence-corrected chi connectivity index (χ4v) is 2.13. The predicted molar refractivity (Wildman–Crippen MR) is 75.9 cm³/mol. The Bertz CT molecular complexity index is 602. The second kappa shape index (κ2) is 5.84. The molecule has 0 spiro atoms. The van der Waals surface area contributed by atoms with E-state index in [9.17, 15) is 9.90 Å². The number of hydrogen-bond donors (Lipinski definition) is 2. The first kappa shape index (κ1) is 13.5. The number of rotatable bonds is 3. The third-order valence-corrected chi connectivity index (χ3v) is 3.23. The minimum atomic E-state index is -0.327. The molecule has 1 aromatic heterocycles. The molecule has 1 aromatic carbocycles. The van der Waals surface area contributed by atoms with Gasteiger partial charge < -0.3 is 10.4 Å². The first-order chi connectivity index (χ1) is 9.08. The molecule has 2 aromatic rings. The van der Waals surface area contributed by atoms with Crippen LogP contribution in [0.15, 0.2) is 47.2 Å². The molecule has 2 N–H and O–H groups in total. The normalized spacial score (nSPS) is 11.9. The molecule has 0 saturated heterocycles. The van der Waals surface area contributed by atoms with Crippen LogP contribution in [-0.4, -0.2) is 16.0 Å². The van der Waals surface area contributed by atoms with Gasteiger partial charge in [0.05, 0.1) is 17.8 Å². The lowest BCUT2D eigenvalue weighted by atomic mass is 10.1. The maximum Gasteiger partial charge on any atom is 0.255 e. The van der Waals surface area contributed by atoms with Crippen LogP contribution >= 0.6 is 15.9 Å². The van der Waals surface area contributed by atoms with Crippen LogP contribution in [0.3, 0.4) is 0 Å². The van der Waals surface area contributed by atoms with Crippen molar-refractivity contribution in [2.24, 2.45) is 0 Å². The fraction of sp³-hybridized carbons (Fsp3) is 0.143. The van der Waals surface area contributed by atoms with E-state index in [1.165, 1.54) is 18.5 Å². The molecule has 5 heteroatoms. The Morgan fingerprint density at radius 2 is 2.21 bits per heavy atom. The maximum absolute atomic E-state index is 12.0. The molecular weight excluding hydrogens is 308 g/mol. The Labute approximate surface area is 119 Å². The van der Waals surface area contributed by atoms with Crippen LogP contribution in [0.5, 0.6) is 5.75 Å². The zero-order chi connectivity index (χ0) is 13.8. The first-order valence-electron chi connectivity index (χ1n) is 5.77. The summed E-state index contributed by atoms with van der Waals surface area (Å²) in [6.07, 6.45) is 2.72. The molecule has 1 atom stereocenters. The highest BCUT2D eigenvalue weighted by Gasteiger charge is 2.14. The molecule has 1 amide bonds. The summed E-state index contributed by atoms with van der Waals surface area (Å²) in [5.74, 6) is -0.450. The van der Waals surface area contributed by atoms with Crippen molar-refractivity contribution >= 4 is 21.8 Å². The van der Waals surface area contributed by atoms with Crippen molar-refractivity contribution in [2.45, 2.75) is 13.0 Å². The summed E-state index contributed by atoms with van der Waals surface area (Å²) < 4.78 is 0.956. The lowest BCUT2D eigenvalue weighted by Crippen LogP contribution is -2.26. The molecule has 98 valence electrons. The summed E-state index contributed by atoms with van der Waals surface area (Å²) in [6.45, 7) is 1.89. The van der Waals surface area contributed by atoms with E-state index in [1.54, 1.807) is 0 Å². The van der Waals surface area contributed by atoms with E-state index < -0.39 is 0 Å². The third kappa shape index (κ3) is 3.32. The summed E-state index contributed by atoms with van der Waals surface area (Å²) in [7, 11) is 0. The van der Waals surface area contributed by atoms with Crippen molar-refractivity contribution < 1.29 is 9.90 Å². The summed E-state index contributed by atoms with van der Waals surface area (Å²) in [4.78, 5) is 15.8. The summed E-state index contributed by atoms with van der Waals surface area (Å²) in [5, 5.41) is 12.4. The molecule has 0 bridgehead atoms. The van der Waals surface area contributed by atoms with Crippen molar-refractivity contribution in [1.29, 1.82) is 0 Å². The molecule has 1 unspecified atom stereocenters. The van der Waals surface area contributed by atoms with E-state index >= 15 is 0 Å². The van der Waals surface area contributed by atoms with Gasteiger partial charge in [-0.2, -0.15) is 0 Å². The number of carbonyl (C=O) groups excluding carboxylic acids is 1. The van der Waals surface area contributed by atoms with Gasteiger partial charge in [0.2, 0.25) is 0 Å². The number of halogens is 1. The number of carbonyl (C=O) groups is 1. The Hall–Kier alpha value is -1.88. The van der Waals surface area contributed by atoms with Crippen LogP contribution in [0.2, 0.25) is 0 Å². The number of pyridine rings is 1. The molecule has 0 aliphatic heterocycles. The van der Waals surface area contributed by atoms with Crippen LogP contribution in [0.4, 0.5) is 0 Å². The highest BCUT2D eigenvalue weighted by atomic mass is 79.9. The molecule has 0 aliphatic rings. The molecule has 0 aliphatic carbocycles. The highest BCUT2D eigenvalue weighted by molar-refractivity contribution is 9.10. The van der Waals surface area contributed by atoms with Gasteiger partial charge >= 0.3 is 0 Å². The van der Waals surface area contributed by atoms with Gasteiger partial charge in [0.25, 0.3) is 5.91 Å². The van der Waals surface area contributed by atoms with Crippen LogP contribution in [0.1, 0.15) is 28.9 Å². The second-order valence-corrected chi connectivity index (χ2v) is 5.06. The summed E-state index contributed by atoms with van der Waals surface area (Å²) >= 11 is 3.39. The highest BCUT2D eigenvalue weighted by Crippen LogP contribution is 2.19. The molecule has 19 heavy (non-hydrogen) atoms. The van der Waals surface area contributed by atoms with Gasteiger partial charge in [-0.15, -0.1) is 0 Å². The smallest absolute Gasteiger partial charge is 0.255 e. The molecular formula is C14H13BrN2O2. The van der Waals surface area contributed by atoms with E-state index in [-0.39, 0.29) is 23.3 Å². The number of aromatic hydroxyl groups is 1. The van der Waals surface area contributed by atoms with Crippen LogP contribution in [0.25, 0.3) is 0 Å². The average molecular weight is 321 g/mol. The minimum absolute atomic E-state index is 0.124. The van der Waals surface area contributed by atoms with Gasteiger partial charge in [-0.05, 0) is 30.7 Å². The average Bonchev–Trinajstić information content (AvgIpc) is 2.39. The Morgan fingerprint density at radius 3 is 2.89 bits per heavy atom. The van der Waals surface area contributed by atoms with Gasteiger partial charge in [0.15, 0.2) is 0 Å². The lowest BCUT2D eigenvalue weighted by molar-refractivity contribution is 0.0937. The molecule has 0 radical (unpaired) electrons. The Kier molecular flexibility index (Phi) is 4.16. The standard InChI is InChI=1S/C14H13BrN2O2/c1-9(10-3-2-4-11(15)7-10)17-14(19)12-5-6-16-8-13(12)18/h2-9,18H,1H3,(H,17,19). The van der Waals surface area contributed by atoms with Gasteiger partial charge in [-0.1, -0.05) is 28.1 Å². The number of aromatic nitrogens is 1. The monoisotopic (exact) mass is 320 g/mol. The van der Waals surface area contributed by atoms with E-state index in [4.69, 9.17) is 0 Å². The lowest BCUT2D eigenvalue weighted by Gasteiger charge is -2.15. The third-order valence-electron chi connectivity index (χ3n) is 2.74. The van der Waals surface area contributed by atoms with Gasteiger partial charge in [0.1, 0.15) is 5.75 Å². The summed E-state index contributed by atoms with van der Waals surface area (Å²) in [5.41, 5.74) is 1.20. The maximum atomic E-state index is 12.0. The molecule has 2 rings (SSSR count). The van der Waals surface area contributed by atoms with Crippen molar-refractivity contribution in [2.75, 3.05) is 0 Å². The van der Waals surface area contributed by atoms with Crippen molar-refractivity contribution in [3.63, 3.8) is 0 Å². The molecule has 4 nitrogen and oxygen atoms in total. The topological polar surface area (TPSA) is 62.2 Å². The van der Waals surface area contributed by atoms with Crippen LogP contribution in [0, 0.1) is 0 Å². The van der Waals surface area contributed by atoms with Crippen molar-refractivity contribution in [3.8, 4) is 5.75 Å². The first-order valence-corrected chi connectivity index (χ1v) is 6.56. The summed E-state index contributed by atoms with van der Waals surface area (Å²) in [6, 6.07) is 9.04. The largest absolute Gasteiger partial charge is 0.505 e. The Morgan fingerprint density at radius 1 is 1.42 bits per heavy atom. The van der Waals surface area contributed by atoms with Gasteiger partial charge in [-0.25, -0.2) is 0 Å². The fourth-order valence-electron chi connectivity index (χ4n) is 1.71. The molecule has 0 fully saturated rings. The number of benzene rings is 1. The van der Waals surface area contributed by atoms with Crippen molar-refractivity contribution in [1.82, 2.24) is 10.3 Å². The van der Waals surface area contributed by atoms with E-state index in [1.807, 2.05) is 31.2 Å². The number of nitrogens with one attached hydrogen (secondary N) is 1. The quantitative estimate of drug-likeness (QED) is 0.913. The predicted octanol–water partition coefficient (Wildman–Crippen LogP) is 3.04. The molecule has 1 heterocycles. The van der Waals surface area contributed by atoms with Crippen molar-refractivity contribution in [3.05, 3.63) is 58.3 Å². The minimum Gasteiger partial charge on any atom is -0.505 e. The van der Waals surface area contributed by atoms with Crippen LogP contribution in [-0.2, 0) is 0 Å². The van der Waals surface area contributed by atoms with E-state index in [2.05, 4.69) is 26.2 Å². The zero-order valence-corrected chi connectivity index (χ0v) is 11.9. The van der Waals surface area contributed by atoms with E-state index in [0.717, 1.165) is 10.0 Å². The van der Waals surface area contributed by atoms with Crippen LogP contribution < -0.4 is 5.32 Å². The number of amides is 1. The molecule has 0 saturated carbocycles. The van der Waals surface area contributed by atoms with Gasteiger partial charge in [0, 0.05) is 10.7 Å².